The van der Waals surface area contributed by atoms with Crippen molar-refractivity contribution < 1.29 is 0 Å². The lowest BCUT2D eigenvalue weighted by Crippen LogP contribution is -2.24. The van der Waals surface area contributed by atoms with Crippen LogP contribution in [0.5, 0.6) is 0 Å². The first-order valence-electron chi connectivity index (χ1n) is 8.29. The van der Waals surface area contributed by atoms with Gasteiger partial charge in [-0.15, -0.1) is 11.3 Å². The summed E-state index contributed by atoms with van der Waals surface area (Å²) in [5, 5.41) is 4.93. The minimum absolute atomic E-state index is 0.765. The minimum atomic E-state index is 0.765. The van der Waals surface area contributed by atoms with Gasteiger partial charge < -0.3 is 10.2 Å². The molecule has 2 saturated carbocycles. The Kier molecular flexibility index (Phi) is 4.61. The summed E-state index contributed by atoms with van der Waals surface area (Å²) in [4.78, 5) is 9.00. The zero-order chi connectivity index (χ0) is 13.9. The lowest BCUT2D eigenvalue weighted by Gasteiger charge is -2.20. The second-order valence-corrected chi connectivity index (χ2v) is 7.28. The summed E-state index contributed by atoms with van der Waals surface area (Å²) in [5.74, 6) is 0.765. The average Bonchev–Trinajstić information content (AvgIpc) is 3.35. The Morgan fingerprint density at radius 1 is 1.15 bits per heavy atom. The summed E-state index contributed by atoms with van der Waals surface area (Å²) in [5.41, 5.74) is 1.41. The fourth-order valence-corrected chi connectivity index (χ4v) is 3.80. The van der Waals surface area contributed by atoms with Gasteiger partial charge >= 0.3 is 0 Å². The topological polar surface area (TPSA) is 28.2 Å². The van der Waals surface area contributed by atoms with Crippen LogP contribution in [-0.2, 0) is 6.54 Å². The quantitative estimate of drug-likeness (QED) is 0.748. The van der Waals surface area contributed by atoms with Gasteiger partial charge in [0, 0.05) is 36.5 Å². The predicted octanol–water partition coefficient (Wildman–Crippen LogP) is 3.90. The summed E-state index contributed by atoms with van der Waals surface area (Å²) < 4.78 is 0. The summed E-state index contributed by atoms with van der Waals surface area (Å²) in [6.45, 7) is 7.84. The van der Waals surface area contributed by atoms with Gasteiger partial charge in [0.1, 0.15) is 0 Å². The van der Waals surface area contributed by atoms with E-state index in [0.29, 0.717) is 0 Å². The Hall–Kier alpha value is -0.610. The number of hydrogen-bond donors (Lipinski definition) is 1. The molecule has 0 saturated heterocycles. The Morgan fingerprint density at radius 2 is 1.85 bits per heavy atom. The van der Waals surface area contributed by atoms with Crippen LogP contribution in [0.15, 0.2) is 0 Å². The standard InChI is InChI=1S/C16H27N3S/c1-3-9-19(10-4-2)16-18-15(12-5-6-12)14(20-16)11-17-13-7-8-13/h12-13,17H,3-11H2,1-2H3. The molecular weight excluding hydrogens is 266 g/mol. The van der Waals surface area contributed by atoms with Gasteiger partial charge in [0.05, 0.1) is 5.69 Å². The zero-order valence-electron chi connectivity index (χ0n) is 12.8. The van der Waals surface area contributed by atoms with E-state index in [0.717, 1.165) is 31.6 Å². The Balaban J connectivity index is 1.73. The molecule has 1 heterocycles. The normalized spacial score (nSPS) is 18.5. The summed E-state index contributed by atoms with van der Waals surface area (Å²) in [7, 11) is 0. The molecule has 20 heavy (non-hydrogen) atoms. The van der Waals surface area contributed by atoms with Gasteiger partial charge in [-0.2, -0.15) is 0 Å². The molecule has 1 N–H and O–H groups in total. The lowest BCUT2D eigenvalue weighted by atomic mass is 10.2. The molecule has 1 aromatic rings. The fourth-order valence-electron chi connectivity index (χ4n) is 2.66. The zero-order valence-corrected chi connectivity index (χ0v) is 13.6. The SMILES string of the molecule is CCCN(CCC)c1nc(C2CC2)c(CNC2CC2)s1. The fraction of sp³-hybridized carbons (Fsp3) is 0.812. The van der Waals surface area contributed by atoms with Crippen molar-refractivity contribution in [3.05, 3.63) is 10.6 Å². The maximum Gasteiger partial charge on any atom is 0.185 e. The highest BCUT2D eigenvalue weighted by Crippen LogP contribution is 2.44. The van der Waals surface area contributed by atoms with Gasteiger partial charge in [-0.05, 0) is 38.5 Å². The van der Waals surface area contributed by atoms with Crippen LogP contribution in [0.3, 0.4) is 0 Å². The monoisotopic (exact) mass is 293 g/mol. The van der Waals surface area contributed by atoms with E-state index in [9.17, 15) is 0 Å². The minimum Gasteiger partial charge on any atom is -0.348 e. The van der Waals surface area contributed by atoms with E-state index in [4.69, 9.17) is 4.98 Å². The Bertz CT molecular complexity index is 429. The molecule has 2 aliphatic carbocycles. The molecule has 4 heteroatoms. The third-order valence-electron chi connectivity index (χ3n) is 4.07. The van der Waals surface area contributed by atoms with E-state index < -0.39 is 0 Å². The maximum atomic E-state index is 5.01. The van der Waals surface area contributed by atoms with Crippen LogP contribution in [0.25, 0.3) is 0 Å². The third kappa shape index (κ3) is 3.53. The highest BCUT2D eigenvalue weighted by Gasteiger charge is 2.31. The molecule has 0 unspecified atom stereocenters. The largest absolute Gasteiger partial charge is 0.348 e. The van der Waals surface area contributed by atoms with E-state index >= 15 is 0 Å². The second-order valence-electron chi connectivity index (χ2n) is 6.22. The van der Waals surface area contributed by atoms with Crippen molar-refractivity contribution in [3.63, 3.8) is 0 Å². The number of nitrogens with zero attached hydrogens (tertiary/aromatic N) is 2. The van der Waals surface area contributed by atoms with Gasteiger partial charge in [0.15, 0.2) is 5.13 Å². The van der Waals surface area contributed by atoms with Gasteiger partial charge in [-0.3, -0.25) is 0 Å². The number of aromatic nitrogens is 1. The van der Waals surface area contributed by atoms with Crippen LogP contribution in [0, 0.1) is 0 Å². The Labute approximate surface area is 126 Å². The smallest absolute Gasteiger partial charge is 0.185 e. The molecular formula is C16H27N3S. The highest BCUT2D eigenvalue weighted by molar-refractivity contribution is 7.15. The van der Waals surface area contributed by atoms with Crippen molar-refractivity contribution in [1.82, 2.24) is 10.3 Å². The van der Waals surface area contributed by atoms with Crippen molar-refractivity contribution in [2.75, 3.05) is 18.0 Å². The molecule has 3 rings (SSSR count). The lowest BCUT2D eigenvalue weighted by molar-refractivity contribution is 0.688. The van der Waals surface area contributed by atoms with E-state index in [2.05, 4.69) is 24.1 Å². The second kappa shape index (κ2) is 6.44. The van der Waals surface area contributed by atoms with Crippen LogP contribution < -0.4 is 10.2 Å². The number of hydrogen-bond acceptors (Lipinski definition) is 4. The first kappa shape index (κ1) is 14.3. The summed E-state index contributed by atoms with van der Waals surface area (Å²) in [6.07, 6.45) is 7.83. The molecule has 2 fully saturated rings. The molecule has 3 nitrogen and oxygen atoms in total. The molecule has 0 radical (unpaired) electrons. The molecule has 0 aliphatic heterocycles. The Morgan fingerprint density at radius 3 is 2.40 bits per heavy atom. The number of thiazole rings is 1. The summed E-state index contributed by atoms with van der Waals surface area (Å²) >= 11 is 1.94. The van der Waals surface area contributed by atoms with Gasteiger partial charge in [0.25, 0.3) is 0 Å². The predicted molar refractivity (Wildman–Crippen MR) is 86.7 cm³/mol. The van der Waals surface area contributed by atoms with E-state index in [1.54, 1.807) is 0 Å². The van der Waals surface area contributed by atoms with Crippen LogP contribution in [-0.4, -0.2) is 24.1 Å². The van der Waals surface area contributed by atoms with Crippen molar-refractivity contribution in [1.29, 1.82) is 0 Å². The molecule has 112 valence electrons. The number of nitrogens with one attached hydrogen (secondary N) is 1. The highest BCUT2D eigenvalue weighted by atomic mass is 32.1. The molecule has 1 aromatic heterocycles. The van der Waals surface area contributed by atoms with E-state index in [1.165, 1.54) is 54.2 Å². The van der Waals surface area contributed by atoms with Crippen LogP contribution in [0.2, 0.25) is 0 Å². The molecule has 2 aliphatic rings. The molecule has 0 amide bonds. The summed E-state index contributed by atoms with van der Waals surface area (Å²) in [6, 6.07) is 0.787. The number of anilines is 1. The molecule has 0 atom stereocenters. The van der Waals surface area contributed by atoms with Gasteiger partial charge in [-0.1, -0.05) is 13.8 Å². The third-order valence-corrected chi connectivity index (χ3v) is 5.20. The average molecular weight is 293 g/mol. The van der Waals surface area contributed by atoms with Crippen molar-refractivity contribution in [3.8, 4) is 0 Å². The molecule has 0 spiro atoms. The van der Waals surface area contributed by atoms with Crippen LogP contribution >= 0.6 is 11.3 Å². The maximum absolute atomic E-state index is 5.01. The van der Waals surface area contributed by atoms with Crippen molar-refractivity contribution in [2.45, 2.75) is 70.9 Å². The van der Waals surface area contributed by atoms with Gasteiger partial charge in [0.2, 0.25) is 0 Å². The molecule has 0 aromatic carbocycles. The first-order chi connectivity index (χ1) is 9.81. The first-order valence-corrected chi connectivity index (χ1v) is 9.11. The van der Waals surface area contributed by atoms with Crippen molar-refractivity contribution in [2.24, 2.45) is 0 Å². The van der Waals surface area contributed by atoms with Crippen molar-refractivity contribution >= 4 is 16.5 Å². The number of rotatable bonds is 9. The van der Waals surface area contributed by atoms with E-state index in [1.807, 2.05) is 11.3 Å². The van der Waals surface area contributed by atoms with Crippen LogP contribution in [0.1, 0.15) is 68.9 Å². The van der Waals surface area contributed by atoms with Gasteiger partial charge in [-0.25, -0.2) is 4.98 Å². The van der Waals surface area contributed by atoms with Crippen LogP contribution in [0.4, 0.5) is 5.13 Å². The molecule has 0 bridgehead atoms. The van der Waals surface area contributed by atoms with E-state index in [-0.39, 0.29) is 0 Å².